The number of hydroxylamine groups is 2. The molecule has 29 heavy (non-hydrogen) atoms. The predicted molar refractivity (Wildman–Crippen MR) is 102 cm³/mol. The number of fused-ring (bicyclic) bond motifs is 1. The number of anilines is 1. The van der Waals surface area contributed by atoms with Crippen LogP contribution in [0.15, 0.2) is 36.4 Å². The lowest BCUT2D eigenvalue weighted by Gasteiger charge is -2.36. The molecule has 154 valence electrons. The lowest BCUT2D eigenvalue weighted by molar-refractivity contribution is -0.210. The van der Waals surface area contributed by atoms with Crippen LogP contribution in [0.4, 0.5) is 10.5 Å². The maximum absolute atomic E-state index is 12.0. The molecular weight excluding hydrogens is 402 g/mol. The predicted octanol–water partition coefficient (Wildman–Crippen LogP) is 1.57. The number of amides is 1. The Bertz CT molecular complexity index is 839. The van der Waals surface area contributed by atoms with Crippen LogP contribution >= 0.6 is 11.6 Å². The van der Waals surface area contributed by atoms with E-state index in [1.54, 1.807) is 0 Å². The molecule has 0 bridgehead atoms. The molecule has 9 nitrogen and oxygen atoms in total. The second kappa shape index (κ2) is 8.30. The third kappa shape index (κ3) is 4.30. The average Bonchev–Trinajstić information content (AvgIpc) is 2.99. The molecule has 1 amide bonds. The molecule has 3 aliphatic rings. The second-order valence-electron chi connectivity index (χ2n) is 6.89. The Morgan fingerprint density at radius 2 is 1.69 bits per heavy atom. The third-order valence-corrected chi connectivity index (χ3v) is 5.38. The van der Waals surface area contributed by atoms with Gasteiger partial charge in [-0.2, -0.15) is 0 Å². The topological polar surface area (TPSA) is 88.6 Å². The number of halogens is 1. The first-order valence-corrected chi connectivity index (χ1v) is 9.71. The zero-order valence-corrected chi connectivity index (χ0v) is 16.3. The first-order chi connectivity index (χ1) is 14.0. The van der Waals surface area contributed by atoms with Crippen LogP contribution in [-0.2, 0) is 23.9 Å². The Labute approximate surface area is 172 Å². The van der Waals surface area contributed by atoms with E-state index in [4.69, 9.17) is 25.9 Å². The van der Waals surface area contributed by atoms with Crippen molar-refractivity contribution in [1.29, 1.82) is 0 Å². The molecule has 3 aliphatic heterocycles. The molecule has 0 aromatic heterocycles. The Kier molecular flexibility index (Phi) is 5.59. The molecule has 3 heterocycles. The van der Waals surface area contributed by atoms with Crippen molar-refractivity contribution in [3.05, 3.63) is 41.4 Å². The van der Waals surface area contributed by atoms with Crippen LogP contribution in [0, 0.1) is 0 Å². The Balaban J connectivity index is 1.32. The number of para-hydroxylation sites is 1. The molecule has 1 aromatic carbocycles. The molecule has 0 radical (unpaired) electrons. The number of benzene rings is 1. The van der Waals surface area contributed by atoms with Gasteiger partial charge in [-0.3, -0.25) is 4.90 Å². The molecule has 2 saturated heterocycles. The van der Waals surface area contributed by atoms with E-state index in [-0.39, 0.29) is 0 Å². The van der Waals surface area contributed by atoms with Crippen LogP contribution in [-0.4, -0.2) is 73.1 Å². The lowest BCUT2D eigenvalue weighted by atomic mass is 10.2. The summed E-state index contributed by atoms with van der Waals surface area (Å²) >= 11 is 6.28. The molecule has 2 atom stereocenters. The average molecular weight is 422 g/mol. The summed E-state index contributed by atoms with van der Waals surface area (Å²) in [7, 11) is 0. The standard InChI is InChI=1S/C19H20ClN3O6/c20-13-3-1-2-4-14(13)22-11-9-21(10-12-22)8-7-15-18-23(19(26)27-15)29-17(25)6-5-16(24)28-18/h1-6,15,18H,7-12H2/b6-5-. The lowest BCUT2D eigenvalue weighted by Crippen LogP contribution is -2.48. The van der Waals surface area contributed by atoms with Crippen molar-refractivity contribution >= 4 is 35.3 Å². The van der Waals surface area contributed by atoms with Gasteiger partial charge in [0.05, 0.1) is 10.7 Å². The van der Waals surface area contributed by atoms with Crippen LogP contribution < -0.4 is 4.90 Å². The molecule has 0 saturated carbocycles. The minimum atomic E-state index is -1.09. The summed E-state index contributed by atoms with van der Waals surface area (Å²) < 4.78 is 10.5. The van der Waals surface area contributed by atoms with Crippen molar-refractivity contribution < 1.29 is 28.7 Å². The number of carbonyl (C=O) groups excluding carboxylic acids is 3. The highest BCUT2D eigenvalue weighted by Crippen LogP contribution is 2.27. The van der Waals surface area contributed by atoms with Crippen molar-refractivity contribution in [3.63, 3.8) is 0 Å². The maximum Gasteiger partial charge on any atom is 0.447 e. The summed E-state index contributed by atoms with van der Waals surface area (Å²) in [6, 6.07) is 7.75. The number of piperazine rings is 1. The molecule has 0 aliphatic carbocycles. The van der Waals surface area contributed by atoms with Gasteiger partial charge in [-0.15, -0.1) is 0 Å². The molecule has 2 unspecified atom stereocenters. The van der Waals surface area contributed by atoms with Gasteiger partial charge >= 0.3 is 18.0 Å². The van der Waals surface area contributed by atoms with E-state index in [9.17, 15) is 14.4 Å². The number of nitrogens with zero attached hydrogens (tertiary/aromatic N) is 3. The van der Waals surface area contributed by atoms with Crippen LogP contribution in [0.5, 0.6) is 0 Å². The normalized spacial score (nSPS) is 26.2. The van der Waals surface area contributed by atoms with Gasteiger partial charge in [0, 0.05) is 51.3 Å². The van der Waals surface area contributed by atoms with Crippen molar-refractivity contribution in [2.24, 2.45) is 0 Å². The fourth-order valence-electron chi connectivity index (χ4n) is 3.56. The Morgan fingerprint density at radius 1 is 0.966 bits per heavy atom. The minimum Gasteiger partial charge on any atom is -0.438 e. The van der Waals surface area contributed by atoms with Crippen molar-refractivity contribution in [2.45, 2.75) is 18.8 Å². The SMILES string of the molecule is O=C1/C=C\C(=O)ON2C(=O)OC(CCN3CCN(c4ccccc4Cl)CC3)C2O1. The molecule has 10 heteroatoms. The van der Waals surface area contributed by atoms with Crippen LogP contribution in [0.3, 0.4) is 0 Å². The zero-order chi connectivity index (χ0) is 20.4. The van der Waals surface area contributed by atoms with E-state index in [1.165, 1.54) is 0 Å². The summed E-state index contributed by atoms with van der Waals surface area (Å²) in [5, 5.41) is 1.41. The number of esters is 1. The molecule has 4 rings (SSSR count). The smallest absolute Gasteiger partial charge is 0.438 e. The number of carbonyl (C=O) groups is 3. The van der Waals surface area contributed by atoms with E-state index in [1.807, 2.05) is 24.3 Å². The molecule has 1 aromatic rings. The number of ether oxygens (including phenoxy) is 2. The highest BCUT2D eigenvalue weighted by atomic mass is 35.5. The monoisotopic (exact) mass is 421 g/mol. The zero-order valence-electron chi connectivity index (χ0n) is 15.5. The minimum absolute atomic E-state index is 0.438. The molecular formula is C19H20ClN3O6. The first-order valence-electron chi connectivity index (χ1n) is 9.33. The maximum atomic E-state index is 12.0. The van der Waals surface area contributed by atoms with E-state index in [2.05, 4.69) is 9.80 Å². The van der Waals surface area contributed by atoms with E-state index < -0.39 is 30.4 Å². The molecule has 2 fully saturated rings. The quantitative estimate of drug-likeness (QED) is 0.677. The Hall–Kier alpha value is -2.78. The largest absolute Gasteiger partial charge is 0.447 e. The highest BCUT2D eigenvalue weighted by molar-refractivity contribution is 6.33. The van der Waals surface area contributed by atoms with Gasteiger partial charge in [0.15, 0.2) is 6.10 Å². The fraction of sp³-hybridized carbons (Fsp3) is 0.421. The van der Waals surface area contributed by atoms with Crippen LogP contribution in [0.2, 0.25) is 5.02 Å². The molecule has 0 N–H and O–H groups in total. The van der Waals surface area contributed by atoms with Gasteiger partial charge in [-0.1, -0.05) is 28.8 Å². The third-order valence-electron chi connectivity index (χ3n) is 5.06. The van der Waals surface area contributed by atoms with Gasteiger partial charge in [0.1, 0.15) is 0 Å². The Morgan fingerprint density at radius 3 is 2.45 bits per heavy atom. The number of cyclic esters (lactones) is 1. The van der Waals surface area contributed by atoms with E-state index in [0.29, 0.717) is 18.0 Å². The fourth-order valence-corrected chi connectivity index (χ4v) is 3.82. The summed E-state index contributed by atoms with van der Waals surface area (Å²) in [4.78, 5) is 44.7. The summed E-state index contributed by atoms with van der Waals surface area (Å²) in [5.74, 6) is -1.56. The second-order valence-corrected chi connectivity index (χ2v) is 7.30. The van der Waals surface area contributed by atoms with Gasteiger partial charge in [0.2, 0.25) is 0 Å². The highest BCUT2D eigenvalue weighted by Gasteiger charge is 2.47. The van der Waals surface area contributed by atoms with Gasteiger partial charge in [0.25, 0.3) is 6.23 Å². The summed E-state index contributed by atoms with van der Waals surface area (Å²) in [6.07, 6.45) is -0.348. The van der Waals surface area contributed by atoms with E-state index >= 15 is 0 Å². The van der Waals surface area contributed by atoms with Crippen molar-refractivity contribution in [2.75, 3.05) is 37.6 Å². The van der Waals surface area contributed by atoms with Crippen molar-refractivity contribution in [1.82, 2.24) is 9.96 Å². The van der Waals surface area contributed by atoms with Gasteiger partial charge in [-0.05, 0) is 12.1 Å². The molecule has 0 spiro atoms. The van der Waals surface area contributed by atoms with Crippen molar-refractivity contribution in [3.8, 4) is 0 Å². The van der Waals surface area contributed by atoms with Crippen LogP contribution in [0.1, 0.15) is 6.42 Å². The number of rotatable bonds is 4. The van der Waals surface area contributed by atoms with Gasteiger partial charge in [-0.25, -0.2) is 14.4 Å². The van der Waals surface area contributed by atoms with E-state index in [0.717, 1.165) is 49.0 Å². The first kappa shape index (κ1) is 19.5. The number of hydrogen-bond acceptors (Lipinski definition) is 8. The summed E-state index contributed by atoms with van der Waals surface area (Å²) in [5.41, 5.74) is 1.02. The number of hydrogen-bond donors (Lipinski definition) is 0. The van der Waals surface area contributed by atoms with Crippen LogP contribution in [0.25, 0.3) is 0 Å². The van der Waals surface area contributed by atoms with Gasteiger partial charge < -0.3 is 19.2 Å². The summed E-state index contributed by atoms with van der Waals surface area (Å²) in [6.45, 7) is 3.91.